The van der Waals surface area contributed by atoms with Gasteiger partial charge in [0.25, 0.3) is 0 Å². The molecule has 9 heteroatoms. The monoisotopic (exact) mass is 387 g/mol. The largest absolute Gasteiger partial charge is 0.396 e. The summed E-state index contributed by atoms with van der Waals surface area (Å²) < 4.78 is 0. The van der Waals surface area contributed by atoms with Crippen molar-refractivity contribution in [2.24, 2.45) is 5.73 Å². The van der Waals surface area contributed by atoms with Crippen LogP contribution in [0.25, 0.3) is 0 Å². The molecule has 2 aliphatic rings. The normalized spacial score (nSPS) is 29.3. The fraction of sp³-hybridized carbons (Fsp3) is 0.824. The number of nitrogens with zero attached hydrogens (tertiary/aromatic N) is 1. The molecule has 0 aromatic rings. The topological polar surface area (TPSA) is 133 Å². The Morgan fingerprint density at radius 1 is 1.23 bits per heavy atom. The van der Waals surface area contributed by atoms with Gasteiger partial charge in [-0.3, -0.25) is 19.3 Å². The summed E-state index contributed by atoms with van der Waals surface area (Å²) in [5.74, 6) is 0.144. The molecule has 148 valence electrons. The van der Waals surface area contributed by atoms with E-state index < -0.39 is 6.10 Å². The quantitative estimate of drug-likeness (QED) is 0.306. The number of unbranched alkanes of at least 4 members (excludes halogenated alkanes) is 1. The van der Waals surface area contributed by atoms with Gasteiger partial charge in [-0.15, -0.1) is 0 Å². The Morgan fingerprint density at radius 2 is 1.92 bits per heavy atom. The van der Waals surface area contributed by atoms with Gasteiger partial charge in [0, 0.05) is 49.7 Å². The molecule has 0 aromatic carbocycles. The molecule has 1 saturated heterocycles. The van der Waals surface area contributed by atoms with Crippen molar-refractivity contribution < 1.29 is 24.6 Å². The molecule has 0 bridgehead atoms. The summed E-state index contributed by atoms with van der Waals surface area (Å²) in [6.45, 7) is 0.271. The maximum absolute atomic E-state index is 12.1. The molecule has 2 fully saturated rings. The van der Waals surface area contributed by atoms with Crippen LogP contribution in [0, 0.1) is 0 Å². The van der Waals surface area contributed by atoms with Crippen molar-refractivity contribution in [3.8, 4) is 0 Å². The van der Waals surface area contributed by atoms with E-state index in [0.29, 0.717) is 12.8 Å². The first-order valence-electron chi connectivity index (χ1n) is 9.21. The minimum Gasteiger partial charge on any atom is -0.396 e. The van der Waals surface area contributed by atoms with Gasteiger partial charge >= 0.3 is 0 Å². The zero-order valence-corrected chi connectivity index (χ0v) is 15.7. The summed E-state index contributed by atoms with van der Waals surface area (Å²) in [7, 11) is 0. The molecule has 2 rings (SSSR count). The summed E-state index contributed by atoms with van der Waals surface area (Å²) in [4.78, 5) is 36.4. The molecule has 5 N–H and O–H groups in total. The molecular formula is C17H29N3O5S. The molecule has 1 saturated carbocycles. The minimum absolute atomic E-state index is 0.0386. The molecule has 1 heterocycles. The number of aliphatic hydroxyl groups excluding tert-OH is 2. The highest BCUT2D eigenvalue weighted by molar-refractivity contribution is 7.99. The molecule has 0 radical (unpaired) electrons. The summed E-state index contributed by atoms with van der Waals surface area (Å²) in [5.41, 5.74) is 6.17. The third-order valence-corrected chi connectivity index (χ3v) is 6.35. The maximum Gasteiger partial charge on any atom is 0.229 e. The number of likely N-dealkylation sites (tertiary alicyclic amines) is 1. The van der Waals surface area contributed by atoms with Crippen molar-refractivity contribution in [2.45, 2.75) is 68.4 Å². The van der Waals surface area contributed by atoms with Crippen LogP contribution in [0.5, 0.6) is 0 Å². The van der Waals surface area contributed by atoms with Crippen LogP contribution in [0.3, 0.4) is 0 Å². The fourth-order valence-corrected chi connectivity index (χ4v) is 4.70. The number of thioether (sulfide) groups is 1. The van der Waals surface area contributed by atoms with Gasteiger partial charge in [-0.1, -0.05) is 0 Å². The van der Waals surface area contributed by atoms with Gasteiger partial charge in [0.15, 0.2) is 0 Å². The van der Waals surface area contributed by atoms with Gasteiger partial charge in [-0.25, -0.2) is 0 Å². The van der Waals surface area contributed by atoms with Crippen molar-refractivity contribution in [1.29, 1.82) is 0 Å². The maximum atomic E-state index is 12.1. The van der Waals surface area contributed by atoms with Crippen LogP contribution < -0.4 is 11.1 Å². The lowest BCUT2D eigenvalue weighted by Gasteiger charge is -2.37. The highest BCUT2D eigenvalue weighted by Crippen LogP contribution is 2.29. The first-order valence-corrected chi connectivity index (χ1v) is 10.3. The predicted molar refractivity (Wildman–Crippen MR) is 98.3 cm³/mol. The van der Waals surface area contributed by atoms with E-state index >= 15 is 0 Å². The van der Waals surface area contributed by atoms with Crippen LogP contribution in [0.2, 0.25) is 0 Å². The van der Waals surface area contributed by atoms with Crippen molar-refractivity contribution in [1.82, 2.24) is 10.2 Å². The number of imide groups is 1. The summed E-state index contributed by atoms with van der Waals surface area (Å²) >= 11 is 1.66. The van der Waals surface area contributed by atoms with Crippen LogP contribution in [0.1, 0.15) is 44.9 Å². The van der Waals surface area contributed by atoms with Crippen LogP contribution in [-0.2, 0) is 14.4 Å². The zero-order valence-electron chi connectivity index (χ0n) is 14.9. The van der Waals surface area contributed by atoms with Crippen molar-refractivity contribution in [3.63, 3.8) is 0 Å². The number of hydrogen-bond donors (Lipinski definition) is 4. The van der Waals surface area contributed by atoms with Gasteiger partial charge in [0.1, 0.15) is 0 Å². The summed E-state index contributed by atoms with van der Waals surface area (Å²) in [6, 6.07) is -0.551. The summed E-state index contributed by atoms with van der Waals surface area (Å²) in [5, 5.41) is 22.0. The second-order valence-electron chi connectivity index (χ2n) is 6.91. The lowest BCUT2D eigenvalue weighted by molar-refractivity contribution is -0.138. The Bertz CT molecular complexity index is 503. The van der Waals surface area contributed by atoms with Crippen molar-refractivity contribution in [2.75, 3.05) is 18.9 Å². The standard InChI is InChI=1S/C17H29N3O5S/c18-11-9-14(26-8-2-1-7-21)13(22)10-12(11)19-15(23)5-6-20-16(24)3-4-17(20)25/h11-14,21-22H,1-10,18H2,(H,19,23). The highest BCUT2D eigenvalue weighted by Gasteiger charge is 2.35. The van der Waals surface area contributed by atoms with E-state index in [1.807, 2.05) is 0 Å². The Kier molecular flexibility index (Phi) is 8.33. The van der Waals surface area contributed by atoms with Gasteiger partial charge in [0.2, 0.25) is 17.7 Å². The lowest BCUT2D eigenvalue weighted by Crippen LogP contribution is -2.56. The molecule has 26 heavy (non-hydrogen) atoms. The van der Waals surface area contributed by atoms with Crippen LogP contribution in [0.15, 0.2) is 0 Å². The average molecular weight is 388 g/mol. The number of carbonyl (C=O) groups excluding carboxylic acids is 3. The van der Waals surface area contributed by atoms with E-state index in [9.17, 15) is 19.5 Å². The molecule has 1 aliphatic carbocycles. The molecule has 3 amide bonds. The number of nitrogens with one attached hydrogen (secondary N) is 1. The number of aliphatic hydroxyl groups is 2. The molecular weight excluding hydrogens is 358 g/mol. The van der Waals surface area contributed by atoms with E-state index in [-0.39, 0.29) is 67.5 Å². The minimum atomic E-state index is -0.541. The van der Waals surface area contributed by atoms with Gasteiger partial charge in [-0.05, 0) is 31.4 Å². The molecule has 1 aliphatic heterocycles. The van der Waals surface area contributed by atoms with Gasteiger partial charge < -0.3 is 21.3 Å². The van der Waals surface area contributed by atoms with Gasteiger partial charge in [-0.2, -0.15) is 11.8 Å². The Hall–Kier alpha value is -1.16. The SMILES string of the molecule is NC1CC(SCCCCO)C(O)CC1NC(=O)CCN1C(=O)CCC1=O. The average Bonchev–Trinajstić information content (AvgIpc) is 2.92. The number of amides is 3. The smallest absolute Gasteiger partial charge is 0.229 e. The highest BCUT2D eigenvalue weighted by atomic mass is 32.2. The van der Waals surface area contributed by atoms with Crippen molar-refractivity contribution >= 4 is 29.5 Å². The fourth-order valence-electron chi connectivity index (χ4n) is 3.33. The number of carbonyl (C=O) groups is 3. The Balaban J connectivity index is 1.73. The van der Waals surface area contributed by atoms with Crippen LogP contribution in [0.4, 0.5) is 0 Å². The first kappa shape index (κ1) is 21.1. The molecule has 8 nitrogen and oxygen atoms in total. The van der Waals surface area contributed by atoms with Crippen molar-refractivity contribution in [3.05, 3.63) is 0 Å². The van der Waals surface area contributed by atoms with Crippen LogP contribution >= 0.6 is 11.8 Å². The lowest BCUT2D eigenvalue weighted by atomic mass is 9.88. The second-order valence-corrected chi connectivity index (χ2v) is 8.25. The molecule has 4 unspecified atom stereocenters. The Labute approximate surface area is 157 Å². The molecule has 0 spiro atoms. The number of hydrogen-bond acceptors (Lipinski definition) is 7. The van der Waals surface area contributed by atoms with E-state index in [4.69, 9.17) is 10.8 Å². The second kappa shape index (κ2) is 10.2. The number of rotatable bonds is 9. The molecule has 0 aromatic heterocycles. The summed E-state index contributed by atoms with van der Waals surface area (Å²) in [6.07, 6.45) is 2.60. The van der Waals surface area contributed by atoms with Crippen LogP contribution in [-0.4, -0.2) is 75.2 Å². The zero-order chi connectivity index (χ0) is 19.1. The van der Waals surface area contributed by atoms with E-state index in [0.717, 1.165) is 23.5 Å². The van der Waals surface area contributed by atoms with E-state index in [2.05, 4.69) is 5.32 Å². The number of nitrogens with two attached hydrogens (primary N) is 1. The third kappa shape index (κ3) is 5.94. The first-order chi connectivity index (χ1) is 12.4. The third-order valence-electron chi connectivity index (χ3n) is 4.89. The van der Waals surface area contributed by atoms with E-state index in [1.54, 1.807) is 11.8 Å². The predicted octanol–water partition coefficient (Wildman–Crippen LogP) is -0.633. The van der Waals surface area contributed by atoms with E-state index in [1.165, 1.54) is 0 Å². The molecule has 4 atom stereocenters. The van der Waals surface area contributed by atoms with Gasteiger partial charge in [0.05, 0.1) is 6.10 Å². The Morgan fingerprint density at radius 3 is 2.58 bits per heavy atom.